The zero-order valence-electron chi connectivity index (χ0n) is 10.9. The van der Waals surface area contributed by atoms with E-state index in [4.69, 9.17) is 10.5 Å². The highest BCUT2D eigenvalue weighted by molar-refractivity contribution is 5.33. The first-order valence-corrected chi connectivity index (χ1v) is 6.38. The van der Waals surface area contributed by atoms with Gasteiger partial charge >= 0.3 is 0 Å². The van der Waals surface area contributed by atoms with Crippen molar-refractivity contribution in [3.05, 3.63) is 17.6 Å². The van der Waals surface area contributed by atoms with Gasteiger partial charge in [0.1, 0.15) is 11.4 Å². The molecule has 0 aromatic carbocycles. The molecular formula is C13H21N3O. The number of hydrogen-bond donors (Lipinski definition) is 1. The van der Waals surface area contributed by atoms with Gasteiger partial charge in [0.05, 0.1) is 0 Å². The molecule has 0 aliphatic heterocycles. The third kappa shape index (κ3) is 2.57. The lowest BCUT2D eigenvalue weighted by molar-refractivity contribution is -0.0390. The van der Waals surface area contributed by atoms with E-state index >= 15 is 0 Å². The van der Waals surface area contributed by atoms with Crippen molar-refractivity contribution in [2.45, 2.75) is 51.6 Å². The molecule has 1 aromatic heterocycles. The Bertz CT molecular complexity index is 404. The molecule has 0 bridgehead atoms. The van der Waals surface area contributed by atoms with Crippen molar-refractivity contribution in [3.8, 4) is 0 Å². The molecule has 0 spiro atoms. The van der Waals surface area contributed by atoms with Gasteiger partial charge in [0.25, 0.3) is 0 Å². The second kappa shape index (κ2) is 4.61. The number of ether oxygens (including phenoxy) is 1. The number of nitrogen functional groups attached to an aromatic ring is 1. The zero-order valence-corrected chi connectivity index (χ0v) is 10.9. The molecule has 1 heterocycles. The maximum absolute atomic E-state index is 5.87. The smallest absolute Gasteiger partial charge is 0.162 e. The Hall–Kier alpha value is -1.16. The number of nitrogens with two attached hydrogens (primary N) is 1. The fourth-order valence-corrected chi connectivity index (χ4v) is 1.95. The van der Waals surface area contributed by atoms with E-state index in [9.17, 15) is 0 Å². The molecular weight excluding hydrogens is 214 g/mol. The highest BCUT2D eigenvalue weighted by atomic mass is 16.5. The molecule has 2 N–H and O–H groups in total. The van der Waals surface area contributed by atoms with Crippen LogP contribution in [0.15, 0.2) is 6.07 Å². The fourth-order valence-electron chi connectivity index (χ4n) is 1.95. The molecule has 0 saturated heterocycles. The molecule has 1 saturated carbocycles. The Morgan fingerprint density at radius 1 is 1.41 bits per heavy atom. The lowest BCUT2D eigenvalue weighted by Crippen LogP contribution is -2.28. The van der Waals surface area contributed by atoms with Crippen LogP contribution >= 0.6 is 0 Å². The van der Waals surface area contributed by atoms with Crippen LogP contribution in [0, 0.1) is 0 Å². The van der Waals surface area contributed by atoms with E-state index < -0.39 is 5.60 Å². The molecule has 0 amide bonds. The molecule has 0 radical (unpaired) electrons. The number of aromatic nitrogens is 2. The molecule has 4 heteroatoms. The van der Waals surface area contributed by atoms with Crippen LogP contribution in [0.2, 0.25) is 0 Å². The van der Waals surface area contributed by atoms with E-state index in [0.717, 1.165) is 17.9 Å². The molecule has 1 atom stereocenters. The largest absolute Gasteiger partial charge is 0.384 e. The average molecular weight is 235 g/mol. The monoisotopic (exact) mass is 235 g/mol. The topological polar surface area (TPSA) is 61.0 Å². The predicted molar refractivity (Wildman–Crippen MR) is 67.7 cm³/mol. The second-order valence-corrected chi connectivity index (χ2v) is 4.83. The molecule has 1 unspecified atom stereocenters. The molecule has 1 aliphatic rings. The minimum atomic E-state index is -0.423. The first-order valence-electron chi connectivity index (χ1n) is 6.38. The third-order valence-corrected chi connectivity index (χ3v) is 3.37. The van der Waals surface area contributed by atoms with Crippen LogP contribution in [0.1, 0.15) is 57.5 Å². The summed E-state index contributed by atoms with van der Waals surface area (Å²) in [6.45, 7) is 6.75. The second-order valence-electron chi connectivity index (χ2n) is 4.83. The SMILES string of the molecule is CCOC(C)(CC)c1nc(N)cc(C2CC2)n1. The van der Waals surface area contributed by atoms with E-state index in [-0.39, 0.29) is 0 Å². The maximum atomic E-state index is 5.87. The Morgan fingerprint density at radius 3 is 2.65 bits per heavy atom. The average Bonchev–Trinajstić information content (AvgIpc) is 3.12. The van der Waals surface area contributed by atoms with Crippen molar-refractivity contribution in [2.75, 3.05) is 12.3 Å². The quantitative estimate of drug-likeness (QED) is 0.852. The van der Waals surface area contributed by atoms with Crippen LogP contribution in [0.4, 0.5) is 5.82 Å². The molecule has 94 valence electrons. The molecule has 1 fully saturated rings. The van der Waals surface area contributed by atoms with E-state index in [2.05, 4.69) is 16.9 Å². The van der Waals surface area contributed by atoms with Crippen molar-refractivity contribution in [1.82, 2.24) is 9.97 Å². The third-order valence-electron chi connectivity index (χ3n) is 3.37. The van der Waals surface area contributed by atoms with Crippen LogP contribution in [-0.2, 0) is 10.3 Å². The molecule has 17 heavy (non-hydrogen) atoms. The van der Waals surface area contributed by atoms with Gasteiger partial charge in [0.15, 0.2) is 5.82 Å². The van der Waals surface area contributed by atoms with Gasteiger partial charge in [-0.15, -0.1) is 0 Å². The van der Waals surface area contributed by atoms with Gasteiger partial charge in [-0.1, -0.05) is 6.92 Å². The van der Waals surface area contributed by atoms with Crippen LogP contribution in [-0.4, -0.2) is 16.6 Å². The summed E-state index contributed by atoms with van der Waals surface area (Å²) in [4.78, 5) is 8.99. The van der Waals surface area contributed by atoms with Crippen molar-refractivity contribution in [1.29, 1.82) is 0 Å². The summed E-state index contributed by atoms with van der Waals surface area (Å²) >= 11 is 0. The fraction of sp³-hybridized carbons (Fsp3) is 0.692. The van der Waals surface area contributed by atoms with Crippen LogP contribution in [0.25, 0.3) is 0 Å². The Morgan fingerprint density at radius 2 is 2.12 bits per heavy atom. The van der Waals surface area contributed by atoms with Crippen molar-refractivity contribution < 1.29 is 4.74 Å². The highest BCUT2D eigenvalue weighted by Crippen LogP contribution is 2.40. The van der Waals surface area contributed by atoms with Crippen molar-refractivity contribution >= 4 is 5.82 Å². The zero-order chi connectivity index (χ0) is 12.5. The summed E-state index contributed by atoms with van der Waals surface area (Å²) in [5.41, 5.74) is 6.52. The minimum absolute atomic E-state index is 0.423. The van der Waals surface area contributed by atoms with E-state index in [0.29, 0.717) is 18.3 Å². The predicted octanol–water partition coefficient (Wildman–Crippen LogP) is 2.60. The number of anilines is 1. The summed E-state index contributed by atoms with van der Waals surface area (Å²) < 4.78 is 5.79. The van der Waals surface area contributed by atoms with Gasteiger partial charge in [-0.2, -0.15) is 0 Å². The van der Waals surface area contributed by atoms with Gasteiger partial charge in [-0.3, -0.25) is 0 Å². The number of nitrogens with zero attached hydrogens (tertiary/aromatic N) is 2. The number of hydrogen-bond acceptors (Lipinski definition) is 4. The van der Waals surface area contributed by atoms with Gasteiger partial charge in [-0.05, 0) is 33.1 Å². The molecule has 1 aromatic rings. The summed E-state index contributed by atoms with van der Waals surface area (Å²) in [6.07, 6.45) is 3.27. The van der Waals surface area contributed by atoms with Crippen molar-refractivity contribution in [3.63, 3.8) is 0 Å². The van der Waals surface area contributed by atoms with Crippen LogP contribution in [0.5, 0.6) is 0 Å². The van der Waals surface area contributed by atoms with Gasteiger partial charge in [0.2, 0.25) is 0 Å². The Kier molecular flexibility index (Phi) is 3.33. The van der Waals surface area contributed by atoms with Gasteiger partial charge in [0, 0.05) is 24.3 Å². The van der Waals surface area contributed by atoms with Gasteiger partial charge < -0.3 is 10.5 Å². The minimum Gasteiger partial charge on any atom is -0.384 e. The number of rotatable bonds is 5. The Balaban J connectivity index is 2.35. The molecule has 1 aliphatic carbocycles. The summed E-state index contributed by atoms with van der Waals surface area (Å²) in [5, 5.41) is 0. The summed E-state index contributed by atoms with van der Waals surface area (Å²) in [6, 6.07) is 1.89. The maximum Gasteiger partial charge on any atom is 0.162 e. The van der Waals surface area contributed by atoms with E-state index in [1.165, 1.54) is 12.8 Å². The lowest BCUT2D eigenvalue weighted by Gasteiger charge is -2.27. The Labute approximate surface area is 103 Å². The van der Waals surface area contributed by atoms with Gasteiger partial charge in [-0.25, -0.2) is 9.97 Å². The normalized spacial score (nSPS) is 19.0. The first kappa shape index (κ1) is 12.3. The summed E-state index contributed by atoms with van der Waals surface area (Å²) in [7, 11) is 0. The standard InChI is InChI=1S/C13H21N3O/c1-4-13(3,17-5-2)12-15-10(9-6-7-9)8-11(14)16-12/h8-9H,4-7H2,1-3H3,(H2,14,15,16). The van der Waals surface area contributed by atoms with E-state index in [1.54, 1.807) is 0 Å². The molecule has 4 nitrogen and oxygen atoms in total. The van der Waals surface area contributed by atoms with Crippen LogP contribution in [0.3, 0.4) is 0 Å². The lowest BCUT2D eigenvalue weighted by atomic mass is 10.0. The highest BCUT2D eigenvalue weighted by Gasteiger charge is 2.32. The summed E-state index contributed by atoms with van der Waals surface area (Å²) in [5.74, 6) is 1.86. The van der Waals surface area contributed by atoms with E-state index in [1.807, 2.05) is 19.9 Å². The first-order chi connectivity index (χ1) is 8.09. The van der Waals surface area contributed by atoms with Crippen LogP contribution < -0.4 is 5.73 Å². The molecule has 2 rings (SSSR count). The van der Waals surface area contributed by atoms with Crippen molar-refractivity contribution in [2.24, 2.45) is 0 Å².